The van der Waals surface area contributed by atoms with Gasteiger partial charge in [-0.3, -0.25) is 4.79 Å². The molecule has 0 N–H and O–H groups in total. The molecule has 1 aromatic rings. The number of hydrogen-bond acceptors (Lipinski definition) is 5. The van der Waals surface area contributed by atoms with Crippen molar-refractivity contribution in [2.75, 3.05) is 13.3 Å². The number of carbonyl (C=O) groups excluding carboxylic acids is 1. The van der Waals surface area contributed by atoms with Gasteiger partial charge in [0.05, 0.1) is 5.56 Å². The lowest BCUT2D eigenvalue weighted by molar-refractivity contribution is -0.288. The molecule has 1 aliphatic heterocycles. The van der Waals surface area contributed by atoms with Gasteiger partial charge in [0.25, 0.3) is 0 Å². The highest BCUT2D eigenvalue weighted by Gasteiger charge is 2.23. The Morgan fingerprint density at radius 3 is 2.29 bits per heavy atom. The monoisotopic (exact) mass is 431 g/mol. The molecule has 0 radical (unpaired) electrons. The topological polar surface area (TPSA) is 48.0 Å². The Balaban J connectivity index is 1.57. The zero-order valence-corrected chi connectivity index (χ0v) is 19.7. The molecule has 2 rings (SSSR count). The van der Waals surface area contributed by atoms with Crippen LogP contribution in [0.2, 0.25) is 0 Å². The van der Waals surface area contributed by atoms with Crippen molar-refractivity contribution < 1.29 is 19.3 Å². The van der Waals surface area contributed by atoms with Crippen LogP contribution in [0.25, 0.3) is 0 Å². The second kappa shape index (κ2) is 14.1. The number of ether oxygens (including phenoxy) is 1. The van der Waals surface area contributed by atoms with E-state index in [1.54, 1.807) is 6.26 Å². The summed E-state index contributed by atoms with van der Waals surface area (Å²) in [4.78, 5) is 26.2. The molecular formula is C26H41NO4. The summed E-state index contributed by atoms with van der Waals surface area (Å²) >= 11 is 0. The van der Waals surface area contributed by atoms with Gasteiger partial charge in [0.2, 0.25) is 0 Å². The third-order valence-electron chi connectivity index (χ3n) is 6.22. The summed E-state index contributed by atoms with van der Waals surface area (Å²) in [5.74, 6) is 0.658. The predicted molar refractivity (Wildman–Crippen MR) is 125 cm³/mol. The maximum atomic E-state index is 12.7. The smallest absolute Gasteiger partial charge is 0.176 e. The van der Waals surface area contributed by atoms with Crippen molar-refractivity contribution in [3.63, 3.8) is 0 Å². The van der Waals surface area contributed by atoms with E-state index in [0.29, 0.717) is 24.5 Å². The first kappa shape index (κ1) is 25.3. The first-order chi connectivity index (χ1) is 15.1. The number of benzene rings is 1. The Hall–Kier alpha value is -2.01. The first-order valence-electron chi connectivity index (χ1n) is 12.1. The van der Waals surface area contributed by atoms with Crippen molar-refractivity contribution in [2.24, 2.45) is 0 Å². The number of rotatable bonds is 17. The van der Waals surface area contributed by atoms with Gasteiger partial charge in [-0.2, -0.15) is 4.89 Å². The largest absolute Gasteiger partial charge is 0.479 e. The summed E-state index contributed by atoms with van der Waals surface area (Å²) < 4.78 is 5.18. The molecule has 1 heterocycles. The highest BCUT2D eigenvalue weighted by atomic mass is 17.2. The summed E-state index contributed by atoms with van der Waals surface area (Å²) in [6.07, 6.45) is 15.6. The van der Waals surface area contributed by atoms with Crippen molar-refractivity contribution in [3.8, 4) is 5.75 Å². The van der Waals surface area contributed by atoms with E-state index >= 15 is 0 Å². The maximum absolute atomic E-state index is 12.7. The number of Topliss-reactive ketones (excluding diaryl/α,β-unsaturated/α-hetero) is 1. The SMILES string of the molecule is CCC(C)(CC)OOc1ccccc1C(=O)CCCCCCCCCCN1C=COC1. The normalized spacial score (nSPS) is 13.5. The molecule has 174 valence electrons. The first-order valence-corrected chi connectivity index (χ1v) is 12.1. The minimum absolute atomic E-state index is 0.133. The van der Waals surface area contributed by atoms with Gasteiger partial charge in [-0.1, -0.05) is 64.5 Å². The zero-order chi connectivity index (χ0) is 22.4. The Bertz CT molecular complexity index is 669. The van der Waals surface area contributed by atoms with Crippen molar-refractivity contribution in [2.45, 2.75) is 97.0 Å². The van der Waals surface area contributed by atoms with Crippen molar-refractivity contribution >= 4 is 5.78 Å². The molecule has 0 atom stereocenters. The fourth-order valence-corrected chi connectivity index (χ4v) is 3.53. The van der Waals surface area contributed by atoms with Crippen LogP contribution in [0, 0.1) is 0 Å². The van der Waals surface area contributed by atoms with Gasteiger partial charge >= 0.3 is 0 Å². The maximum Gasteiger partial charge on any atom is 0.176 e. The number of hydrogen-bond donors (Lipinski definition) is 0. The molecule has 0 fully saturated rings. The number of nitrogens with zero attached hydrogens (tertiary/aromatic N) is 1. The van der Waals surface area contributed by atoms with Crippen LogP contribution in [0.1, 0.15) is 102 Å². The van der Waals surface area contributed by atoms with Gasteiger partial charge in [0.1, 0.15) is 11.9 Å². The lowest BCUT2D eigenvalue weighted by Gasteiger charge is -2.25. The van der Waals surface area contributed by atoms with E-state index in [4.69, 9.17) is 14.5 Å². The van der Waals surface area contributed by atoms with Crippen LogP contribution < -0.4 is 4.89 Å². The molecule has 0 amide bonds. The Morgan fingerprint density at radius 2 is 1.65 bits per heavy atom. The Kier molecular flexibility index (Phi) is 11.5. The highest BCUT2D eigenvalue weighted by molar-refractivity contribution is 5.98. The van der Waals surface area contributed by atoms with E-state index < -0.39 is 0 Å². The minimum atomic E-state index is -0.338. The Morgan fingerprint density at radius 1 is 1.00 bits per heavy atom. The van der Waals surface area contributed by atoms with Gasteiger partial charge in [-0.05, 0) is 44.7 Å². The van der Waals surface area contributed by atoms with E-state index in [2.05, 4.69) is 18.7 Å². The molecule has 5 nitrogen and oxygen atoms in total. The predicted octanol–water partition coefficient (Wildman–Crippen LogP) is 7.03. The summed E-state index contributed by atoms with van der Waals surface area (Å²) in [5, 5.41) is 0. The summed E-state index contributed by atoms with van der Waals surface area (Å²) in [5.41, 5.74) is 0.283. The molecule has 0 saturated carbocycles. The van der Waals surface area contributed by atoms with Crippen LogP contribution in [-0.4, -0.2) is 29.6 Å². The van der Waals surface area contributed by atoms with Crippen LogP contribution >= 0.6 is 0 Å². The molecule has 5 heteroatoms. The summed E-state index contributed by atoms with van der Waals surface area (Å²) in [7, 11) is 0. The molecule has 0 bridgehead atoms. The fourth-order valence-electron chi connectivity index (χ4n) is 3.53. The molecule has 1 aliphatic rings. The molecule has 31 heavy (non-hydrogen) atoms. The zero-order valence-electron chi connectivity index (χ0n) is 19.7. The van der Waals surface area contributed by atoms with Crippen LogP contribution in [-0.2, 0) is 9.62 Å². The highest BCUT2D eigenvalue weighted by Crippen LogP contribution is 2.26. The van der Waals surface area contributed by atoms with E-state index in [9.17, 15) is 4.79 Å². The average molecular weight is 432 g/mol. The minimum Gasteiger partial charge on any atom is -0.479 e. The van der Waals surface area contributed by atoms with Gasteiger partial charge in [-0.25, -0.2) is 0 Å². The quantitative estimate of drug-likeness (QED) is 0.115. The summed E-state index contributed by atoms with van der Waals surface area (Å²) in [6.45, 7) is 7.97. The lowest BCUT2D eigenvalue weighted by atomic mass is 10.0. The molecule has 0 aromatic heterocycles. The second-order valence-corrected chi connectivity index (χ2v) is 8.71. The standard InChI is InChI=1S/C26H41NO4/c1-4-26(3,5-2)31-30-25-18-14-13-16-23(25)24(28)17-12-10-8-6-7-9-11-15-19-27-20-21-29-22-27/h13-14,16,18,20-21H,4-12,15,17,19,22H2,1-3H3. The number of para-hydroxylation sites is 1. The number of ketones is 1. The molecular weight excluding hydrogens is 390 g/mol. The van der Waals surface area contributed by atoms with Crippen molar-refractivity contribution in [1.29, 1.82) is 0 Å². The Labute approximate surface area is 188 Å². The average Bonchev–Trinajstić information content (AvgIpc) is 3.32. The molecule has 0 unspecified atom stereocenters. The third kappa shape index (κ3) is 9.34. The van der Waals surface area contributed by atoms with Crippen molar-refractivity contribution in [3.05, 3.63) is 42.3 Å². The number of unbranched alkanes of at least 4 members (excludes halogenated alkanes) is 7. The second-order valence-electron chi connectivity index (χ2n) is 8.71. The lowest BCUT2D eigenvalue weighted by Crippen LogP contribution is -2.28. The van der Waals surface area contributed by atoms with Crippen LogP contribution in [0.3, 0.4) is 0 Å². The van der Waals surface area contributed by atoms with Crippen molar-refractivity contribution in [1.82, 2.24) is 4.90 Å². The van der Waals surface area contributed by atoms with Crippen LogP contribution in [0.5, 0.6) is 5.75 Å². The van der Waals surface area contributed by atoms with E-state index in [-0.39, 0.29) is 11.4 Å². The molecule has 0 spiro atoms. The van der Waals surface area contributed by atoms with Gasteiger partial charge in [0, 0.05) is 19.2 Å². The molecule has 0 aliphatic carbocycles. The van der Waals surface area contributed by atoms with Crippen LogP contribution in [0.4, 0.5) is 0 Å². The van der Waals surface area contributed by atoms with Crippen LogP contribution in [0.15, 0.2) is 36.7 Å². The molecule has 0 saturated heterocycles. The van der Waals surface area contributed by atoms with Gasteiger partial charge in [-0.15, -0.1) is 0 Å². The van der Waals surface area contributed by atoms with Gasteiger partial charge < -0.3 is 14.5 Å². The molecule has 1 aromatic carbocycles. The third-order valence-corrected chi connectivity index (χ3v) is 6.22. The van der Waals surface area contributed by atoms with E-state index in [1.807, 2.05) is 37.4 Å². The van der Waals surface area contributed by atoms with E-state index in [1.165, 1.54) is 38.5 Å². The van der Waals surface area contributed by atoms with E-state index in [0.717, 1.165) is 32.2 Å². The fraction of sp³-hybridized carbons (Fsp3) is 0.654. The summed E-state index contributed by atoms with van der Waals surface area (Å²) in [6, 6.07) is 7.40. The number of carbonyl (C=O) groups is 1. The van der Waals surface area contributed by atoms with Gasteiger partial charge in [0.15, 0.2) is 18.3 Å².